The molecule has 3 unspecified atom stereocenters. The summed E-state index contributed by atoms with van der Waals surface area (Å²) in [6.45, 7) is 21.9. The molecule has 0 spiro atoms. The Morgan fingerprint density at radius 1 is 0.174 bits per heavy atom. The number of benzene rings is 20. The molecule has 658 valence electrons. The van der Waals surface area contributed by atoms with Gasteiger partial charge in [0.1, 0.15) is 0 Å². The summed E-state index contributed by atoms with van der Waals surface area (Å²) in [5, 5.41) is 0. The van der Waals surface area contributed by atoms with E-state index < -0.39 is 10.8 Å². The van der Waals surface area contributed by atoms with E-state index in [0.29, 0.717) is 0 Å². The minimum atomic E-state index is -0.513. The molecule has 20 aromatic carbocycles. The fourth-order valence-electron chi connectivity index (χ4n) is 26.5. The van der Waals surface area contributed by atoms with Gasteiger partial charge in [-0.1, -0.05) is 449 Å². The van der Waals surface area contributed by atoms with Crippen molar-refractivity contribution in [2.24, 2.45) is 0 Å². The number of para-hydroxylation sites is 5. The van der Waals surface area contributed by atoms with Crippen LogP contribution in [0, 0.1) is 0 Å². The average Bonchev–Trinajstić information content (AvgIpc) is 1.54. The van der Waals surface area contributed by atoms with Crippen LogP contribution in [0.15, 0.2) is 455 Å². The van der Waals surface area contributed by atoms with Gasteiger partial charge in [0.05, 0.1) is 28.4 Å². The summed E-state index contributed by atoms with van der Waals surface area (Å²) in [7, 11) is 0. The van der Waals surface area contributed by atoms with E-state index in [0.717, 1.165) is 68.4 Å². The first-order chi connectivity index (χ1) is 67.4. The molecule has 0 amide bonds. The van der Waals surface area contributed by atoms with Crippen molar-refractivity contribution in [2.45, 2.75) is 101 Å². The van der Waals surface area contributed by atoms with Gasteiger partial charge in [0.25, 0.3) is 0 Å². The first kappa shape index (κ1) is 82.7. The number of anilines is 6. The molecule has 0 aromatic heterocycles. The highest BCUT2D eigenvalue weighted by molar-refractivity contribution is 6.06. The zero-order valence-corrected chi connectivity index (χ0v) is 79.4. The predicted molar refractivity (Wildman–Crippen MR) is 578 cm³/mol. The lowest BCUT2D eigenvalue weighted by Crippen LogP contribution is -2.25. The highest BCUT2D eigenvalue weighted by atomic mass is 15.2. The second kappa shape index (κ2) is 31.0. The molecule has 6 aliphatic carbocycles. The summed E-state index contributed by atoms with van der Waals surface area (Å²) in [6, 6.07) is 174. The van der Waals surface area contributed by atoms with Gasteiger partial charge >= 0.3 is 0 Å². The minimum Gasteiger partial charge on any atom is -0.309 e. The topological polar surface area (TPSA) is 6.48 Å². The molecule has 0 radical (unpaired) electrons. The lowest BCUT2D eigenvalue weighted by Gasteiger charge is -2.33. The van der Waals surface area contributed by atoms with E-state index in [9.17, 15) is 0 Å². The fourth-order valence-corrected chi connectivity index (χ4v) is 26.5. The monoisotopic (exact) mass is 1760 g/mol. The second-order valence-corrected chi connectivity index (χ2v) is 41.2. The van der Waals surface area contributed by atoms with Crippen LogP contribution >= 0.6 is 0 Å². The summed E-state index contributed by atoms with van der Waals surface area (Å²) >= 11 is 0. The smallest absolute Gasteiger partial charge is 0.0540 e. The number of rotatable bonds is 16. The van der Waals surface area contributed by atoms with Crippen LogP contribution in [0.1, 0.15) is 146 Å². The molecule has 2 nitrogen and oxygen atoms in total. The van der Waals surface area contributed by atoms with E-state index in [-0.39, 0.29) is 21.7 Å². The molecule has 0 heterocycles. The Labute approximate surface area is 811 Å². The minimum absolute atomic E-state index is 0.193. The highest BCUT2D eigenvalue weighted by Gasteiger charge is 2.49. The van der Waals surface area contributed by atoms with Gasteiger partial charge in [-0.15, -0.1) is 0 Å². The van der Waals surface area contributed by atoms with Gasteiger partial charge in [-0.2, -0.15) is 0 Å². The third kappa shape index (κ3) is 12.0. The van der Waals surface area contributed by atoms with Crippen LogP contribution in [-0.4, -0.2) is 0 Å². The summed E-state index contributed by atoms with van der Waals surface area (Å²) in [5.41, 5.74) is 54.0. The summed E-state index contributed by atoms with van der Waals surface area (Å²) < 4.78 is 0. The van der Waals surface area contributed by atoms with Crippen molar-refractivity contribution in [1.29, 1.82) is 0 Å². The quantitative estimate of drug-likeness (QED) is 0.0951. The van der Waals surface area contributed by atoms with Crippen molar-refractivity contribution in [2.75, 3.05) is 9.80 Å². The van der Waals surface area contributed by atoms with Gasteiger partial charge in [0.15, 0.2) is 0 Å². The maximum absolute atomic E-state index is 2.63. The molecule has 0 N–H and O–H groups in total. The van der Waals surface area contributed by atoms with Crippen LogP contribution in [-0.2, 0) is 38.9 Å². The van der Waals surface area contributed by atoms with E-state index in [1.807, 2.05) is 0 Å². The molecular formula is C136H104N2. The molecule has 2 heteroatoms. The highest BCUT2D eigenvalue weighted by Crippen LogP contribution is 2.64. The van der Waals surface area contributed by atoms with Gasteiger partial charge in [-0.05, 0) is 264 Å². The van der Waals surface area contributed by atoms with E-state index >= 15 is 0 Å². The van der Waals surface area contributed by atoms with E-state index in [4.69, 9.17) is 0 Å². The van der Waals surface area contributed by atoms with Crippen LogP contribution in [0.3, 0.4) is 0 Å². The summed E-state index contributed by atoms with van der Waals surface area (Å²) in [6.07, 6.45) is 0.736. The zero-order valence-electron chi connectivity index (χ0n) is 79.4. The standard InChI is InChI=1S/C136H104N2/c1-131(2)113-67-28-19-57-107(113)127-102(60-40-70-118(127)131)99-54-23-33-75-123(99)137(92-48-36-42-86(82-92)95-59-38-62-104-96-51-16-26-65-111(96)132(3,4)129(95)104)121-73-31-21-49-93(121)88-79-81-117-110(84-88)126-89(43-37-72-120(126)136(117,9)91-46-14-11-15-47-91)85-134(7)114-68-29-20-58-108(114)128-103(61-41-71-119(128)134)100-55-24-34-76-124(100)138(125-77-35-25-56-101(125)106-64-39-63-105-97-52-17-27-66-112(97)133(5,6)130(105)106)122-74-32-22-50-94(122)87-78-80-116-109(83-87)98-53-18-30-69-115(98)135(116,8)90-44-12-10-13-45-90/h10-84H,85H2,1-9H3. The fraction of sp³-hybridized carbons (Fsp3) is 0.118. The van der Waals surface area contributed by atoms with Crippen molar-refractivity contribution < 1.29 is 0 Å². The molecule has 138 heavy (non-hydrogen) atoms. The Hall–Kier alpha value is -16.0. The molecule has 0 aliphatic heterocycles. The van der Waals surface area contributed by atoms with E-state index in [1.54, 1.807) is 0 Å². The van der Waals surface area contributed by atoms with Crippen LogP contribution in [0.2, 0.25) is 0 Å². The van der Waals surface area contributed by atoms with Crippen LogP contribution in [0.25, 0.3) is 134 Å². The molecule has 0 bridgehead atoms. The van der Waals surface area contributed by atoms with E-state index in [2.05, 4.69) is 527 Å². The third-order valence-electron chi connectivity index (χ3n) is 32.9. The zero-order chi connectivity index (χ0) is 92.9. The lowest BCUT2D eigenvalue weighted by atomic mass is 9.72. The van der Waals surface area contributed by atoms with Crippen molar-refractivity contribution in [3.63, 3.8) is 0 Å². The van der Waals surface area contributed by atoms with Crippen molar-refractivity contribution >= 4 is 34.1 Å². The van der Waals surface area contributed by atoms with Crippen LogP contribution in [0.4, 0.5) is 34.1 Å². The lowest BCUT2D eigenvalue weighted by molar-refractivity contribution is 0.583. The molecule has 26 rings (SSSR count). The SMILES string of the molecule is CC1(C)c2ccccc2-c2c(-c3ccccc3N(c3cccc(-c4cccc5c4C(C)(C)c4ccccc4-5)c3)c3ccccc3-c3ccc4c(c3)-c3c(CC5(C)c6ccccc6-c6c(-c7ccccc7N(c7ccccc7-c7ccc8c(c7)-c7ccccc7C8(C)c7ccccc7)c7ccccc7-c7cccc8c7C(C)(C)c7ccccc7-8)cccc65)cccc3C4(C)c3ccccc3)cccc21. The maximum Gasteiger partial charge on any atom is 0.0540 e. The van der Waals surface area contributed by atoms with E-state index in [1.165, 1.54) is 189 Å². The first-order valence-electron chi connectivity index (χ1n) is 49.2. The molecule has 6 aliphatic rings. The van der Waals surface area contributed by atoms with Gasteiger partial charge in [0.2, 0.25) is 0 Å². The molecular weight excluding hydrogens is 1660 g/mol. The predicted octanol–water partition coefficient (Wildman–Crippen LogP) is 35.7. The van der Waals surface area contributed by atoms with Crippen LogP contribution in [0.5, 0.6) is 0 Å². The number of fused-ring (bicyclic) bond motifs is 18. The second-order valence-electron chi connectivity index (χ2n) is 41.2. The number of hydrogen-bond acceptors (Lipinski definition) is 2. The normalized spacial score (nSPS) is 17.0. The van der Waals surface area contributed by atoms with Crippen molar-refractivity contribution in [1.82, 2.24) is 0 Å². The van der Waals surface area contributed by atoms with Gasteiger partial charge in [-0.3, -0.25) is 0 Å². The Morgan fingerprint density at radius 3 is 1.04 bits per heavy atom. The molecule has 0 saturated carbocycles. The molecule has 0 fully saturated rings. The van der Waals surface area contributed by atoms with Gasteiger partial charge < -0.3 is 9.80 Å². The number of hydrogen-bond donors (Lipinski definition) is 0. The average molecular weight is 1770 g/mol. The third-order valence-corrected chi connectivity index (χ3v) is 32.9. The van der Waals surface area contributed by atoms with Gasteiger partial charge in [0, 0.05) is 66.0 Å². The Kier molecular flexibility index (Phi) is 18.6. The Morgan fingerprint density at radius 2 is 0.493 bits per heavy atom. The first-order valence-corrected chi connectivity index (χ1v) is 49.2. The van der Waals surface area contributed by atoms with Crippen LogP contribution < -0.4 is 9.80 Å². The number of nitrogens with zero attached hydrogens (tertiary/aromatic N) is 2. The van der Waals surface area contributed by atoms with Gasteiger partial charge in [-0.25, -0.2) is 0 Å². The maximum atomic E-state index is 2.63. The summed E-state index contributed by atoms with van der Waals surface area (Å²) in [4.78, 5) is 5.22. The molecule has 0 saturated heterocycles. The Balaban J connectivity index is 0.639. The van der Waals surface area contributed by atoms with Crippen molar-refractivity contribution in [3.05, 3.63) is 538 Å². The Bertz CT molecular complexity index is 8460. The summed E-state index contributed by atoms with van der Waals surface area (Å²) in [5.74, 6) is 0. The molecule has 20 aromatic rings. The van der Waals surface area contributed by atoms with Crippen molar-refractivity contribution in [3.8, 4) is 134 Å². The molecule has 3 atom stereocenters. The largest absolute Gasteiger partial charge is 0.309 e.